The number of hydrogen-bond donors (Lipinski definition) is 2. The van der Waals surface area contributed by atoms with Crippen LogP contribution in [0.3, 0.4) is 0 Å². The van der Waals surface area contributed by atoms with E-state index in [1.807, 2.05) is 0 Å². The number of hydrogen-bond acceptors (Lipinski definition) is 2. The van der Waals surface area contributed by atoms with Crippen LogP contribution in [0.15, 0.2) is 18.2 Å². The topological polar surface area (TPSA) is 69.6 Å². The van der Waals surface area contributed by atoms with Crippen molar-refractivity contribution >= 4 is 17.7 Å². The van der Waals surface area contributed by atoms with Gasteiger partial charge >= 0.3 is 12.0 Å². The Bertz CT molecular complexity index is 548. The Balaban J connectivity index is 1.88. The molecule has 2 amide bonds. The van der Waals surface area contributed by atoms with Crippen molar-refractivity contribution in [2.45, 2.75) is 26.2 Å². The Labute approximate surface area is 122 Å². The number of nitrogens with zero attached hydrogens (tertiary/aromatic N) is 1. The minimum atomic E-state index is -0.806. The van der Waals surface area contributed by atoms with Gasteiger partial charge in [-0.05, 0) is 49.4 Å². The van der Waals surface area contributed by atoms with Crippen molar-refractivity contribution in [3.8, 4) is 0 Å². The van der Waals surface area contributed by atoms with E-state index in [0.717, 1.165) is 6.42 Å². The van der Waals surface area contributed by atoms with Crippen molar-refractivity contribution in [3.05, 3.63) is 29.6 Å². The van der Waals surface area contributed by atoms with Gasteiger partial charge in [-0.1, -0.05) is 0 Å². The minimum absolute atomic E-state index is 0.136. The number of nitrogens with one attached hydrogen (secondary N) is 1. The molecular weight excluding hydrogens is 275 g/mol. The maximum absolute atomic E-state index is 13.0. The molecule has 0 saturated carbocycles. The van der Waals surface area contributed by atoms with Crippen molar-refractivity contribution in [2.24, 2.45) is 5.92 Å². The molecule has 2 rings (SSSR count). The third kappa shape index (κ3) is 4.18. The zero-order valence-corrected chi connectivity index (χ0v) is 11.9. The number of benzene rings is 1. The van der Waals surface area contributed by atoms with Crippen LogP contribution in [0.4, 0.5) is 14.9 Å². The average molecular weight is 294 g/mol. The standard InChI is InChI=1S/C15H19FN2O3/c1-10-8-12(16)3-4-13(10)17-15(21)18-7-6-11(9-18)2-5-14(19)20/h3-4,8,11H,2,5-7,9H2,1H3,(H,17,21)(H,19,20). The number of carbonyl (C=O) groups excluding carboxylic acids is 1. The molecule has 1 heterocycles. The van der Waals surface area contributed by atoms with E-state index in [2.05, 4.69) is 5.32 Å². The van der Waals surface area contributed by atoms with Gasteiger partial charge in [-0.2, -0.15) is 0 Å². The maximum atomic E-state index is 13.0. The maximum Gasteiger partial charge on any atom is 0.321 e. The molecule has 1 aliphatic rings. The number of carboxylic acids is 1. The fourth-order valence-corrected chi connectivity index (χ4v) is 2.54. The number of aliphatic carboxylic acids is 1. The average Bonchev–Trinajstić information content (AvgIpc) is 2.88. The van der Waals surface area contributed by atoms with Crippen LogP contribution in [0.1, 0.15) is 24.8 Å². The minimum Gasteiger partial charge on any atom is -0.481 e. The van der Waals surface area contributed by atoms with E-state index in [9.17, 15) is 14.0 Å². The lowest BCUT2D eigenvalue weighted by atomic mass is 10.0. The van der Waals surface area contributed by atoms with Crippen LogP contribution >= 0.6 is 0 Å². The number of likely N-dealkylation sites (tertiary alicyclic amines) is 1. The van der Waals surface area contributed by atoms with Gasteiger partial charge in [0.15, 0.2) is 0 Å². The first-order valence-corrected chi connectivity index (χ1v) is 6.99. The van der Waals surface area contributed by atoms with Crippen LogP contribution < -0.4 is 5.32 Å². The molecule has 0 aromatic heterocycles. The molecule has 5 nitrogen and oxygen atoms in total. The van der Waals surface area contributed by atoms with E-state index >= 15 is 0 Å². The summed E-state index contributed by atoms with van der Waals surface area (Å²) in [6, 6.07) is 4.00. The fourth-order valence-electron chi connectivity index (χ4n) is 2.54. The molecule has 1 unspecified atom stereocenters. The number of halogens is 1. The normalized spacial score (nSPS) is 17.8. The molecule has 6 heteroatoms. The molecule has 1 fully saturated rings. The third-order valence-electron chi connectivity index (χ3n) is 3.77. The molecule has 0 spiro atoms. The van der Waals surface area contributed by atoms with E-state index < -0.39 is 5.97 Å². The molecule has 1 saturated heterocycles. The van der Waals surface area contributed by atoms with Crippen LogP contribution in [-0.4, -0.2) is 35.1 Å². The van der Waals surface area contributed by atoms with Gasteiger partial charge in [0, 0.05) is 25.2 Å². The third-order valence-corrected chi connectivity index (χ3v) is 3.77. The molecule has 114 valence electrons. The van der Waals surface area contributed by atoms with Crippen molar-refractivity contribution < 1.29 is 19.1 Å². The van der Waals surface area contributed by atoms with Crippen LogP contribution in [0.5, 0.6) is 0 Å². The summed E-state index contributed by atoms with van der Waals surface area (Å²) < 4.78 is 13.0. The highest BCUT2D eigenvalue weighted by Gasteiger charge is 2.26. The molecule has 1 atom stereocenters. The second-order valence-electron chi connectivity index (χ2n) is 5.42. The van der Waals surface area contributed by atoms with Gasteiger partial charge in [-0.15, -0.1) is 0 Å². The van der Waals surface area contributed by atoms with Crippen LogP contribution in [0.2, 0.25) is 0 Å². The number of rotatable bonds is 4. The van der Waals surface area contributed by atoms with Crippen LogP contribution in [-0.2, 0) is 4.79 Å². The number of amides is 2. The first-order chi connectivity index (χ1) is 9.95. The van der Waals surface area contributed by atoms with Gasteiger partial charge in [-0.25, -0.2) is 9.18 Å². The highest BCUT2D eigenvalue weighted by molar-refractivity contribution is 5.90. The monoisotopic (exact) mass is 294 g/mol. The summed E-state index contributed by atoms with van der Waals surface area (Å²) in [5.74, 6) is -0.901. The predicted molar refractivity (Wildman–Crippen MR) is 76.7 cm³/mol. The summed E-state index contributed by atoms with van der Waals surface area (Å²) in [6.07, 6.45) is 1.55. The SMILES string of the molecule is Cc1cc(F)ccc1NC(=O)N1CCC(CCC(=O)O)C1. The van der Waals surface area contributed by atoms with Gasteiger partial charge in [0.2, 0.25) is 0 Å². The van der Waals surface area contributed by atoms with E-state index in [-0.39, 0.29) is 24.2 Å². The molecule has 0 radical (unpaired) electrons. The second-order valence-corrected chi connectivity index (χ2v) is 5.42. The summed E-state index contributed by atoms with van der Waals surface area (Å²) in [5.41, 5.74) is 1.26. The highest BCUT2D eigenvalue weighted by Crippen LogP contribution is 2.23. The smallest absolute Gasteiger partial charge is 0.321 e. The Morgan fingerprint density at radius 3 is 2.90 bits per heavy atom. The van der Waals surface area contributed by atoms with E-state index in [4.69, 9.17) is 5.11 Å². The molecule has 1 aromatic carbocycles. The van der Waals surface area contributed by atoms with E-state index in [1.54, 1.807) is 17.9 Å². The van der Waals surface area contributed by atoms with Crippen molar-refractivity contribution in [2.75, 3.05) is 18.4 Å². The summed E-state index contributed by atoms with van der Waals surface area (Å²) in [5, 5.41) is 11.4. The zero-order chi connectivity index (χ0) is 15.4. The summed E-state index contributed by atoms with van der Waals surface area (Å²) in [7, 11) is 0. The van der Waals surface area contributed by atoms with Gasteiger partial charge in [-0.3, -0.25) is 4.79 Å². The van der Waals surface area contributed by atoms with Crippen LogP contribution in [0.25, 0.3) is 0 Å². The van der Waals surface area contributed by atoms with Gasteiger partial charge in [0.05, 0.1) is 0 Å². The summed E-state index contributed by atoms with van der Waals surface area (Å²) in [4.78, 5) is 24.4. The van der Waals surface area contributed by atoms with E-state index in [0.29, 0.717) is 30.8 Å². The number of carbonyl (C=O) groups is 2. The van der Waals surface area contributed by atoms with Crippen LogP contribution in [0, 0.1) is 18.7 Å². The molecule has 1 aliphatic heterocycles. The van der Waals surface area contributed by atoms with Gasteiger partial charge in [0.1, 0.15) is 5.82 Å². The highest BCUT2D eigenvalue weighted by atomic mass is 19.1. The Hall–Kier alpha value is -2.11. The first kappa shape index (κ1) is 15.3. The quantitative estimate of drug-likeness (QED) is 0.897. The Morgan fingerprint density at radius 2 is 2.24 bits per heavy atom. The number of anilines is 1. The molecule has 1 aromatic rings. The molecule has 2 N–H and O–H groups in total. The number of carboxylic acid groups (broad SMARTS) is 1. The Kier molecular flexibility index (Phi) is 4.77. The lowest BCUT2D eigenvalue weighted by Crippen LogP contribution is -2.33. The molecule has 21 heavy (non-hydrogen) atoms. The first-order valence-electron chi connectivity index (χ1n) is 6.99. The largest absolute Gasteiger partial charge is 0.481 e. The van der Waals surface area contributed by atoms with Gasteiger partial charge < -0.3 is 15.3 Å². The lowest BCUT2D eigenvalue weighted by molar-refractivity contribution is -0.137. The fraction of sp³-hybridized carbons (Fsp3) is 0.467. The van der Waals surface area contributed by atoms with Crippen molar-refractivity contribution in [1.82, 2.24) is 4.90 Å². The Morgan fingerprint density at radius 1 is 1.48 bits per heavy atom. The number of aryl methyl sites for hydroxylation is 1. The molecule has 0 aliphatic carbocycles. The summed E-state index contributed by atoms with van der Waals surface area (Å²) in [6.45, 7) is 2.92. The summed E-state index contributed by atoms with van der Waals surface area (Å²) >= 11 is 0. The molecular formula is C15H19FN2O3. The van der Waals surface area contributed by atoms with E-state index in [1.165, 1.54) is 12.1 Å². The molecule has 0 bridgehead atoms. The number of urea groups is 1. The predicted octanol–water partition coefficient (Wildman–Crippen LogP) is 2.85. The van der Waals surface area contributed by atoms with Crippen molar-refractivity contribution in [3.63, 3.8) is 0 Å². The van der Waals surface area contributed by atoms with Gasteiger partial charge in [0.25, 0.3) is 0 Å². The lowest BCUT2D eigenvalue weighted by Gasteiger charge is -2.18. The van der Waals surface area contributed by atoms with Crippen molar-refractivity contribution in [1.29, 1.82) is 0 Å². The second kappa shape index (κ2) is 6.56. The zero-order valence-electron chi connectivity index (χ0n) is 11.9.